The van der Waals surface area contributed by atoms with Gasteiger partial charge in [-0.15, -0.1) is 0 Å². The molecule has 0 saturated heterocycles. The van der Waals surface area contributed by atoms with Crippen LogP contribution in [0.2, 0.25) is 0 Å². The van der Waals surface area contributed by atoms with Crippen molar-refractivity contribution in [1.29, 1.82) is 0 Å². The summed E-state index contributed by atoms with van der Waals surface area (Å²) in [6.45, 7) is -2.57. The molecular formula is C12H11F5N2O. The van der Waals surface area contributed by atoms with E-state index in [0.29, 0.717) is 0 Å². The molecule has 0 bridgehead atoms. The lowest BCUT2D eigenvalue weighted by Gasteiger charge is -2.39. The Balaban J connectivity index is 2.48. The highest BCUT2D eigenvalue weighted by molar-refractivity contribution is 5.83. The number of carbonyl (C=O) groups excluding carboxylic acids is 1. The third-order valence-corrected chi connectivity index (χ3v) is 3.17. The minimum absolute atomic E-state index is 0.0246. The van der Waals surface area contributed by atoms with Crippen molar-refractivity contribution in [1.82, 2.24) is 4.90 Å². The van der Waals surface area contributed by atoms with Crippen LogP contribution in [0.25, 0.3) is 0 Å². The minimum Gasteiger partial charge on any atom is -0.369 e. The summed E-state index contributed by atoms with van der Waals surface area (Å²) in [4.78, 5) is 11.2. The fourth-order valence-corrected chi connectivity index (χ4v) is 2.30. The molecule has 1 heterocycles. The van der Waals surface area contributed by atoms with Crippen LogP contribution in [-0.4, -0.2) is 30.1 Å². The Bertz CT molecular complexity index is 529. The number of fused-ring (bicyclic) bond motifs is 1. The van der Waals surface area contributed by atoms with E-state index in [1.165, 1.54) is 18.2 Å². The first-order chi connectivity index (χ1) is 9.13. The highest BCUT2D eigenvalue weighted by Crippen LogP contribution is 2.43. The van der Waals surface area contributed by atoms with Crippen LogP contribution in [0.1, 0.15) is 17.0 Å². The molecule has 0 radical (unpaired) electrons. The van der Waals surface area contributed by atoms with Crippen molar-refractivity contribution in [2.45, 2.75) is 18.1 Å². The molecule has 0 aliphatic carbocycles. The van der Waals surface area contributed by atoms with Crippen LogP contribution < -0.4 is 5.73 Å². The molecule has 0 saturated carbocycles. The zero-order valence-electron chi connectivity index (χ0n) is 10.1. The number of benzene rings is 1. The molecule has 20 heavy (non-hydrogen) atoms. The fourth-order valence-electron chi connectivity index (χ4n) is 2.30. The van der Waals surface area contributed by atoms with E-state index >= 15 is 0 Å². The molecule has 0 aromatic heterocycles. The Hall–Kier alpha value is -1.70. The molecule has 0 fully saturated rings. The molecule has 1 aliphatic rings. The van der Waals surface area contributed by atoms with Gasteiger partial charge in [0.05, 0.1) is 5.92 Å². The normalized spacial score (nSPS) is 22.4. The lowest BCUT2D eigenvalue weighted by molar-refractivity contribution is -0.224. The lowest BCUT2D eigenvalue weighted by Crippen LogP contribution is -2.52. The Morgan fingerprint density at radius 3 is 2.50 bits per heavy atom. The van der Waals surface area contributed by atoms with E-state index in [1.54, 1.807) is 0 Å². The van der Waals surface area contributed by atoms with Crippen LogP contribution in [-0.2, 0) is 10.8 Å². The van der Waals surface area contributed by atoms with E-state index in [-0.39, 0.29) is 10.5 Å². The molecule has 2 rings (SSSR count). The van der Waals surface area contributed by atoms with Crippen LogP contribution >= 0.6 is 0 Å². The van der Waals surface area contributed by atoms with E-state index < -0.39 is 42.7 Å². The molecule has 8 heteroatoms. The minimum atomic E-state index is -4.79. The molecule has 1 aromatic carbocycles. The maximum atomic E-state index is 14.1. The van der Waals surface area contributed by atoms with Gasteiger partial charge in [0.15, 0.2) is 0 Å². The monoisotopic (exact) mass is 294 g/mol. The van der Waals surface area contributed by atoms with Gasteiger partial charge in [0.1, 0.15) is 6.54 Å². The second-order valence-electron chi connectivity index (χ2n) is 4.58. The summed E-state index contributed by atoms with van der Waals surface area (Å²) in [7, 11) is 0. The first-order valence-corrected chi connectivity index (χ1v) is 5.71. The maximum absolute atomic E-state index is 14.1. The molecule has 110 valence electrons. The molecule has 1 aliphatic heterocycles. The maximum Gasteiger partial charge on any atom is 0.401 e. The standard InChI is InChI=1S/C12H11F5N2O/c13-11(14,15)6-19-5-8(10(18)20)7-3-1-2-4-9(7)12(19,16)17/h1-4,8H,5-6H2,(H2,18,20). The second-order valence-corrected chi connectivity index (χ2v) is 4.58. The first-order valence-electron chi connectivity index (χ1n) is 5.71. The highest BCUT2D eigenvalue weighted by atomic mass is 19.4. The van der Waals surface area contributed by atoms with Crippen LogP contribution in [0.5, 0.6) is 0 Å². The number of carbonyl (C=O) groups is 1. The topological polar surface area (TPSA) is 46.3 Å². The third-order valence-electron chi connectivity index (χ3n) is 3.17. The van der Waals surface area contributed by atoms with Crippen molar-refractivity contribution in [3.8, 4) is 0 Å². The van der Waals surface area contributed by atoms with Gasteiger partial charge in [-0.05, 0) is 5.56 Å². The zero-order valence-corrected chi connectivity index (χ0v) is 10.1. The molecule has 1 amide bonds. The number of alkyl halides is 5. The van der Waals surface area contributed by atoms with Crippen molar-refractivity contribution >= 4 is 5.91 Å². The Morgan fingerprint density at radius 2 is 1.95 bits per heavy atom. The van der Waals surface area contributed by atoms with Crippen LogP contribution in [0.15, 0.2) is 24.3 Å². The van der Waals surface area contributed by atoms with Gasteiger partial charge in [-0.3, -0.25) is 4.79 Å². The lowest BCUT2D eigenvalue weighted by atomic mass is 9.87. The molecule has 0 spiro atoms. The van der Waals surface area contributed by atoms with Crippen molar-refractivity contribution in [2.75, 3.05) is 13.1 Å². The van der Waals surface area contributed by atoms with Gasteiger partial charge in [-0.2, -0.15) is 22.0 Å². The van der Waals surface area contributed by atoms with E-state index in [2.05, 4.69) is 0 Å². The quantitative estimate of drug-likeness (QED) is 0.671. The second kappa shape index (κ2) is 4.69. The zero-order chi connectivity index (χ0) is 15.1. The molecule has 2 N–H and O–H groups in total. The predicted octanol–water partition coefficient (Wildman–Crippen LogP) is 2.18. The number of hydrogen-bond acceptors (Lipinski definition) is 2. The molecule has 1 atom stereocenters. The van der Waals surface area contributed by atoms with E-state index in [4.69, 9.17) is 5.73 Å². The van der Waals surface area contributed by atoms with Gasteiger partial charge < -0.3 is 5.73 Å². The fraction of sp³-hybridized carbons (Fsp3) is 0.417. The Morgan fingerprint density at radius 1 is 1.35 bits per heavy atom. The van der Waals surface area contributed by atoms with Gasteiger partial charge in [-0.25, -0.2) is 4.90 Å². The summed E-state index contributed by atoms with van der Waals surface area (Å²) in [5.74, 6) is -2.12. The summed E-state index contributed by atoms with van der Waals surface area (Å²) in [6, 6.07) is 1.21. The highest BCUT2D eigenvalue weighted by Gasteiger charge is 2.51. The van der Waals surface area contributed by atoms with Crippen molar-refractivity contribution in [3.05, 3.63) is 35.4 Å². The van der Waals surface area contributed by atoms with Crippen LogP contribution in [0.3, 0.4) is 0 Å². The van der Waals surface area contributed by atoms with E-state index in [9.17, 15) is 26.7 Å². The number of halogens is 5. The largest absolute Gasteiger partial charge is 0.401 e. The SMILES string of the molecule is NC(=O)C1CN(CC(F)(F)F)C(F)(F)c2ccccc21. The number of hydrogen-bond donors (Lipinski definition) is 1. The molecule has 1 aromatic rings. The summed E-state index contributed by atoms with van der Waals surface area (Å²) in [5, 5.41) is 0. The summed E-state index contributed by atoms with van der Waals surface area (Å²) < 4.78 is 65.4. The number of nitrogens with zero attached hydrogens (tertiary/aromatic N) is 1. The first kappa shape index (κ1) is 14.7. The van der Waals surface area contributed by atoms with Crippen molar-refractivity contribution in [2.24, 2.45) is 5.73 Å². The van der Waals surface area contributed by atoms with Gasteiger partial charge in [0, 0.05) is 12.1 Å². The Kier molecular flexibility index (Phi) is 3.45. The average molecular weight is 294 g/mol. The van der Waals surface area contributed by atoms with E-state index in [1.807, 2.05) is 0 Å². The summed E-state index contributed by atoms with van der Waals surface area (Å²) in [5.41, 5.74) is 4.47. The number of primary amides is 1. The third kappa shape index (κ3) is 2.60. The number of amides is 1. The van der Waals surface area contributed by atoms with E-state index in [0.717, 1.165) is 6.07 Å². The van der Waals surface area contributed by atoms with Gasteiger partial charge in [0.25, 0.3) is 0 Å². The summed E-state index contributed by atoms with van der Waals surface area (Å²) >= 11 is 0. The summed E-state index contributed by atoms with van der Waals surface area (Å²) in [6.07, 6.45) is -4.79. The van der Waals surface area contributed by atoms with Gasteiger partial charge >= 0.3 is 12.2 Å². The smallest absolute Gasteiger partial charge is 0.369 e. The van der Waals surface area contributed by atoms with Gasteiger partial charge in [0.2, 0.25) is 5.91 Å². The van der Waals surface area contributed by atoms with Crippen molar-refractivity contribution in [3.63, 3.8) is 0 Å². The van der Waals surface area contributed by atoms with Crippen molar-refractivity contribution < 1.29 is 26.7 Å². The van der Waals surface area contributed by atoms with Crippen LogP contribution in [0, 0.1) is 0 Å². The molecule has 1 unspecified atom stereocenters. The average Bonchev–Trinajstić information content (AvgIpc) is 2.31. The number of rotatable bonds is 2. The Labute approximate surface area is 111 Å². The molecule has 3 nitrogen and oxygen atoms in total. The van der Waals surface area contributed by atoms with Crippen LogP contribution in [0.4, 0.5) is 22.0 Å². The predicted molar refractivity (Wildman–Crippen MR) is 59.9 cm³/mol. The molecular weight excluding hydrogens is 283 g/mol. The van der Waals surface area contributed by atoms with Gasteiger partial charge in [-0.1, -0.05) is 24.3 Å². The number of nitrogens with two attached hydrogens (primary N) is 1.